The summed E-state index contributed by atoms with van der Waals surface area (Å²) in [5, 5.41) is 9.80. The van der Waals surface area contributed by atoms with E-state index >= 15 is 0 Å². The van der Waals surface area contributed by atoms with Crippen molar-refractivity contribution in [3.05, 3.63) is 6.92 Å². The predicted molar refractivity (Wildman–Crippen MR) is 120 cm³/mol. The van der Waals surface area contributed by atoms with Crippen molar-refractivity contribution in [1.82, 2.24) is 4.90 Å². The summed E-state index contributed by atoms with van der Waals surface area (Å²) < 4.78 is 0. The quantitative estimate of drug-likeness (QED) is 0.275. The average Bonchev–Trinajstić information content (AvgIpc) is 2.70. The fourth-order valence-electron chi connectivity index (χ4n) is 4.46. The predicted octanol–water partition coefficient (Wildman–Crippen LogP) is 6.82. The lowest BCUT2D eigenvalue weighted by Gasteiger charge is -2.37. The van der Waals surface area contributed by atoms with Gasteiger partial charge in [-0.3, -0.25) is 4.79 Å². The largest absolute Gasteiger partial charge is 0.391 e. The number of likely N-dealkylation sites (tertiary alicyclic amines) is 1. The van der Waals surface area contributed by atoms with Crippen LogP contribution in [0.2, 0.25) is 0 Å². The van der Waals surface area contributed by atoms with E-state index in [1.54, 1.807) is 0 Å². The lowest BCUT2D eigenvalue weighted by atomic mass is 9.97. The van der Waals surface area contributed by atoms with Gasteiger partial charge in [0.15, 0.2) is 0 Å². The fourth-order valence-corrected chi connectivity index (χ4v) is 4.46. The molecule has 0 aromatic carbocycles. The number of hydrogen-bond donors (Lipinski definition) is 1. The molecule has 2 unspecified atom stereocenters. The van der Waals surface area contributed by atoms with E-state index in [-0.39, 0.29) is 11.9 Å². The summed E-state index contributed by atoms with van der Waals surface area (Å²) >= 11 is 0. The van der Waals surface area contributed by atoms with Gasteiger partial charge in [-0.05, 0) is 32.6 Å². The molecule has 1 aliphatic heterocycles. The van der Waals surface area contributed by atoms with Crippen molar-refractivity contribution in [2.24, 2.45) is 0 Å². The van der Waals surface area contributed by atoms with Crippen LogP contribution >= 0.6 is 0 Å². The van der Waals surface area contributed by atoms with Crippen LogP contribution in [-0.2, 0) is 4.79 Å². The molecule has 1 amide bonds. The Morgan fingerprint density at radius 3 is 1.79 bits per heavy atom. The van der Waals surface area contributed by atoms with Crippen LogP contribution in [0.3, 0.4) is 0 Å². The maximum absolute atomic E-state index is 12.4. The second-order valence-corrected chi connectivity index (χ2v) is 8.92. The van der Waals surface area contributed by atoms with E-state index < -0.39 is 6.10 Å². The molecule has 1 N–H and O–H groups in total. The average molecular weight is 395 g/mol. The molecule has 0 spiro atoms. The molecule has 1 radical (unpaired) electrons. The second kappa shape index (κ2) is 17.3. The first-order valence-electron chi connectivity index (χ1n) is 12.5. The topological polar surface area (TPSA) is 40.5 Å². The SMILES string of the molecule is [CH2]C(O)C1CCCCN1C(=O)CCCCCCCCCCCCCCCCC. The van der Waals surface area contributed by atoms with Gasteiger partial charge >= 0.3 is 0 Å². The number of unbranched alkanes of at least 4 members (excludes halogenated alkanes) is 14. The minimum atomic E-state index is -0.648. The number of carbonyl (C=O) groups is 1. The summed E-state index contributed by atoms with van der Waals surface area (Å²) in [7, 11) is 0. The van der Waals surface area contributed by atoms with Gasteiger partial charge in [0.05, 0.1) is 12.1 Å². The lowest BCUT2D eigenvalue weighted by molar-refractivity contribution is -0.137. The maximum Gasteiger partial charge on any atom is 0.222 e. The van der Waals surface area contributed by atoms with Crippen molar-refractivity contribution in [2.45, 2.75) is 141 Å². The highest BCUT2D eigenvalue weighted by Crippen LogP contribution is 2.21. The minimum absolute atomic E-state index is 0.0578. The summed E-state index contributed by atoms with van der Waals surface area (Å²) in [5.74, 6) is 0.224. The van der Waals surface area contributed by atoms with Gasteiger partial charge in [0.2, 0.25) is 5.91 Å². The fraction of sp³-hybridized carbons (Fsp3) is 0.920. The Bertz CT molecular complexity index is 370. The van der Waals surface area contributed by atoms with Crippen molar-refractivity contribution in [3.8, 4) is 0 Å². The van der Waals surface area contributed by atoms with Crippen molar-refractivity contribution in [3.63, 3.8) is 0 Å². The highest BCUT2D eigenvalue weighted by Gasteiger charge is 2.29. The highest BCUT2D eigenvalue weighted by atomic mass is 16.3. The van der Waals surface area contributed by atoms with Crippen LogP contribution in [-0.4, -0.2) is 34.6 Å². The third-order valence-electron chi connectivity index (χ3n) is 6.31. The Labute approximate surface area is 175 Å². The van der Waals surface area contributed by atoms with Crippen LogP contribution in [0.15, 0.2) is 0 Å². The standard InChI is InChI=1S/C25H48NO2/c1-3-4-5-6-7-8-9-10-11-12-13-14-15-16-17-21-25(28)26-22-19-18-20-24(26)23(2)27/h23-24,27H,2-22H2,1H3. The first-order valence-corrected chi connectivity index (χ1v) is 12.5. The Kier molecular flexibility index (Phi) is 15.7. The van der Waals surface area contributed by atoms with Crippen LogP contribution in [0, 0.1) is 6.92 Å². The van der Waals surface area contributed by atoms with Crippen LogP contribution in [0.5, 0.6) is 0 Å². The third-order valence-corrected chi connectivity index (χ3v) is 6.31. The molecule has 1 fully saturated rings. The zero-order valence-electron chi connectivity index (χ0n) is 18.8. The molecule has 1 saturated heterocycles. The van der Waals surface area contributed by atoms with E-state index in [0.29, 0.717) is 6.42 Å². The molecule has 28 heavy (non-hydrogen) atoms. The van der Waals surface area contributed by atoms with Gasteiger partial charge in [-0.15, -0.1) is 0 Å². The third kappa shape index (κ3) is 12.1. The van der Waals surface area contributed by atoms with Gasteiger partial charge in [-0.25, -0.2) is 0 Å². The normalized spacial score (nSPS) is 18.4. The van der Waals surface area contributed by atoms with E-state index in [1.165, 1.54) is 83.5 Å². The second-order valence-electron chi connectivity index (χ2n) is 8.92. The van der Waals surface area contributed by atoms with E-state index in [1.807, 2.05) is 4.90 Å². The van der Waals surface area contributed by atoms with Crippen molar-refractivity contribution < 1.29 is 9.90 Å². The minimum Gasteiger partial charge on any atom is -0.391 e. The number of nitrogens with zero attached hydrogens (tertiary/aromatic N) is 1. The highest BCUT2D eigenvalue weighted by molar-refractivity contribution is 5.76. The van der Waals surface area contributed by atoms with Crippen molar-refractivity contribution in [2.75, 3.05) is 6.54 Å². The molecule has 2 atom stereocenters. The van der Waals surface area contributed by atoms with Gasteiger partial charge in [0.1, 0.15) is 0 Å². The van der Waals surface area contributed by atoms with Crippen molar-refractivity contribution >= 4 is 5.91 Å². The number of amides is 1. The van der Waals surface area contributed by atoms with Crippen LogP contribution < -0.4 is 0 Å². The Morgan fingerprint density at radius 1 is 0.857 bits per heavy atom. The molecule has 1 aliphatic rings. The van der Waals surface area contributed by atoms with Gasteiger partial charge < -0.3 is 10.0 Å². The number of aliphatic hydroxyl groups is 1. The van der Waals surface area contributed by atoms with Crippen LogP contribution in [0.4, 0.5) is 0 Å². The van der Waals surface area contributed by atoms with Gasteiger partial charge in [0, 0.05) is 13.0 Å². The number of rotatable bonds is 17. The molecule has 3 nitrogen and oxygen atoms in total. The molecule has 3 heteroatoms. The summed E-state index contributed by atoms with van der Waals surface area (Å²) in [6.07, 6.45) is 23.2. The molecule has 1 rings (SSSR count). The smallest absolute Gasteiger partial charge is 0.222 e. The number of carbonyl (C=O) groups excluding carboxylic acids is 1. The van der Waals surface area contributed by atoms with Crippen LogP contribution in [0.1, 0.15) is 129 Å². The van der Waals surface area contributed by atoms with Crippen LogP contribution in [0.25, 0.3) is 0 Å². The van der Waals surface area contributed by atoms with E-state index in [0.717, 1.165) is 38.6 Å². The summed E-state index contributed by atoms with van der Waals surface area (Å²) in [6.45, 7) is 6.81. The Balaban J connectivity index is 1.88. The molecule has 1 heterocycles. The lowest BCUT2D eigenvalue weighted by Crippen LogP contribution is -2.48. The molecule has 0 aromatic rings. The first kappa shape index (κ1) is 25.5. The molecular weight excluding hydrogens is 346 g/mol. The molecule has 0 aromatic heterocycles. The molecular formula is C25H48NO2. The first-order chi connectivity index (χ1) is 13.7. The number of hydrogen-bond acceptors (Lipinski definition) is 2. The van der Waals surface area contributed by atoms with Gasteiger partial charge in [-0.2, -0.15) is 0 Å². The Morgan fingerprint density at radius 2 is 1.32 bits per heavy atom. The van der Waals surface area contributed by atoms with E-state index in [2.05, 4.69) is 13.8 Å². The van der Waals surface area contributed by atoms with Crippen molar-refractivity contribution in [1.29, 1.82) is 0 Å². The van der Waals surface area contributed by atoms with E-state index in [4.69, 9.17) is 0 Å². The monoisotopic (exact) mass is 394 g/mol. The maximum atomic E-state index is 12.4. The van der Waals surface area contributed by atoms with Gasteiger partial charge in [0.25, 0.3) is 0 Å². The number of piperidine rings is 1. The molecule has 0 bridgehead atoms. The Hall–Kier alpha value is -0.570. The molecule has 0 aliphatic carbocycles. The molecule has 0 saturated carbocycles. The summed E-state index contributed by atoms with van der Waals surface area (Å²) in [5.41, 5.74) is 0. The summed E-state index contributed by atoms with van der Waals surface area (Å²) in [4.78, 5) is 14.3. The zero-order chi connectivity index (χ0) is 20.5. The van der Waals surface area contributed by atoms with Gasteiger partial charge in [-0.1, -0.05) is 96.8 Å². The molecule has 165 valence electrons. The zero-order valence-corrected chi connectivity index (χ0v) is 18.8. The number of aliphatic hydroxyl groups excluding tert-OH is 1. The summed E-state index contributed by atoms with van der Waals surface area (Å²) in [6, 6.07) is -0.0578. The van der Waals surface area contributed by atoms with E-state index in [9.17, 15) is 9.90 Å².